The van der Waals surface area contributed by atoms with Crippen molar-refractivity contribution in [3.63, 3.8) is 0 Å². The van der Waals surface area contributed by atoms with Crippen molar-refractivity contribution in [1.82, 2.24) is 15.0 Å². The van der Waals surface area contributed by atoms with Crippen LogP contribution < -0.4 is 17.2 Å². The number of carbonyl (C=O) groups is 3. The van der Waals surface area contributed by atoms with Crippen molar-refractivity contribution in [2.45, 2.75) is 37.4 Å². The third-order valence-electron chi connectivity index (χ3n) is 7.52. The molecule has 0 aliphatic rings. The van der Waals surface area contributed by atoms with Gasteiger partial charge >= 0.3 is 17.9 Å². The van der Waals surface area contributed by atoms with Crippen LogP contribution in [-0.2, 0) is 51.0 Å². The molecule has 3 atom stereocenters. The second-order valence-corrected chi connectivity index (χ2v) is 11.1. The summed E-state index contributed by atoms with van der Waals surface area (Å²) in [6.45, 7) is 0. The molecule has 0 fully saturated rings. The van der Waals surface area contributed by atoms with E-state index >= 15 is 0 Å². The largest absolute Gasteiger partial charge is 0.508 e. The number of hydrogen-bond donors (Lipinski definition) is 12. The maximum Gasteiger partial charge on any atom is 0.320 e. The summed E-state index contributed by atoms with van der Waals surface area (Å²) < 4.78 is 0. The van der Waals surface area contributed by atoms with Gasteiger partial charge < -0.3 is 62.8 Å². The average Bonchev–Trinajstić information content (AvgIpc) is 3.74. The standard InChI is InChI=1S/3C11H12N2O3.Cr/c3*12-9(11(15)16)3-6-5-13-10-2-1-7(14)4-8(6)10;/h3*1-2,4-5,9,13-14H,3,12H2,(H,15,16);. The Morgan fingerprint density at radius 3 is 0.980 bits per heavy atom. The molecular weight excluding hydrogens is 676 g/mol. The van der Waals surface area contributed by atoms with Crippen LogP contribution in [0, 0.1) is 0 Å². The van der Waals surface area contributed by atoms with Crippen molar-refractivity contribution in [2.75, 3.05) is 0 Å². The van der Waals surface area contributed by atoms with Crippen molar-refractivity contribution in [2.24, 2.45) is 17.2 Å². The van der Waals surface area contributed by atoms with E-state index in [9.17, 15) is 29.7 Å². The Labute approximate surface area is 289 Å². The summed E-state index contributed by atoms with van der Waals surface area (Å²) in [6.07, 6.45) is 5.85. The number of fused-ring (bicyclic) bond motifs is 3. The molecule has 0 saturated carbocycles. The van der Waals surface area contributed by atoms with E-state index < -0.39 is 36.0 Å². The number of carboxylic acid groups (broad SMARTS) is 3. The van der Waals surface area contributed by atoms with Crippen LogP contribution in [0.3, 0.4) is 0 Å². The van der Waals surface area contributed by atoms with Gasteiger partial charge in [0.25, 0.3) is 0 Å². The number of nitrogens with two attached hydrogens (primary N) is 3. The number of phenols is 3. The Kier molecular flexibility index (Phi) is 12.8. The molecule has 0 radical (unpaired) electrons. The summed E-state index contributed by atoms with van der Waals surface area (Å²) in [6, 6.07) is 11.9. The van der Waals surface area contributed by atoms with E-state index in [0.717, 1.165) is 49.4 Å². The predicted molar refractivity (Wildman–Crippen MR) is 178 cm³/mol. The van der Waals surface area contributed by atoms with Crippen LogP contribution >= 0.6 is 0 Å². The van der Waals surface area contributed by atoms with Gasteiger partial charge in [0.1, 0.15) is 35.4 Å². The van der Waals surface area contributed by atoms with Crippen LogP contribution in [0.4, 0.5) is 0 Å². The molecule has 0 aliphatic carbocycles. The Balaban J connectivity index is 0.000000197. The second-order valence-electron chi connectivity index (χ2n) is 11.1. The minimum Gasteiger partial charge on any atom is -0.508 e. The number of carboxylic acids is 3. The Hall–Kier alpha value is -5.50. The number of H-pyrrole nitrogens is 3. The molecule has 16 heteroatoms. The number of aromatic amines is 3. The van der Waals surface area contributed by atoms with Gasteiger partial charge in [0.15, 0.2) is 0 Å². The van der Waals surface area contributed by atoms with Crippen molar-refractivity contribution in [1.29, 1.82) is 0 Å². The van der Waals surface area contributed by atoms with Gasteiger partial charge in [-0.2, -0.15) is 0 Å². The zero-order valence-electron chi connectivity index (χ0n) is 25.8. The fourth-order valence-electron chi connectivity index (χ4n) is 4.98. The van der Waals surface area contributed by atoms with Crippen LogP contribution in [0.1, 0.15) is 16.7 Å². The van der Waals surface area contributed by atoms with E-state index in [1.807, 2.05) is 0 Å². The minimum atomic E-state index is -1.03. The average molecular weight is 713 g/mol. The Morgan fingerprint density at radius 1 is 0.510 bits per heavy atom. The molecule has 49 heavy (non-hydrogen) atoms. The molecule has 6 aromatic rings. The van der Waals surface area contributed by atoms with Crippen LogP contribution in [0.15, 0.2) is 73.2 Å². The number of hydrogen-bond acceptors (Lipinski definition) is 9. The van der Waals surface area contributed by atoms with Gasteiger partial charge in [-0.25, -0.2) is 0 Å². The molecule has 0 amide bonds. The van der Waals surface area contributed by atoms with Crippen molar-refractivity contribution < 1.29 is 62.4 Å². The molecule has 3 aromatic heterocycles. The maximum atomic E-state index is 10.6. The first-order chi connectivity index (χ1) is 22.7. The quantitative estimate of drug-likeness (QED) is 0.103. The van der Waals surface area contributed by atoms with Gasteiger partial charge in [-0.05, 0) is 71.3 Å². The topological polar surface area (TPSA) is 298 Å². The van der Waals surface area contributed by atoms with Gasteiger partial charge in [-0.1, -0.05) is 0 Å². The van der Waals surface area contributed by atoms with E-state index in [2.05, 4.69) is 15.0 Å². The van der Waals surface area contributed by atoms with E-state index in [1.165, 1.54) is 0 Å². The summed E-state index contributed by atoms with van der Waals surface area (Å²) in [5, 5.41) is 56.6. The molecule has 3 heterocycles. The normalized spacial score (nSPS) is 12.6. The first kappa shape index (κ1) is 38.0. The van der Waals surface area contributed by atoms with Gasteiger partial charge in [0.2, 0.25) is 0 Å². The molecule has 15 nitrogen and oxygen atoms in total. The molecule has 0 saturated heterocycles. The number of aromatic nitrogens is 3. The van der Waals surface area contributed by atoms with Crippen LogP contribution in [0.5, 0.6) is 17.2 Å². The molecular formula is C33H36CrN6O9. The summed E-state index contributed by atoms with van der Waals surface area (Å²) in [5.41, 5.74) is 21.3. The smallest absolute Gasteiger partial charge is 0.320 e. The minimum absolute atomic E-state index is 0. The third kappa shape index (κ3) is 9.76. The summed E-state index contributed by atoms with van der Waals surface area (Å²) in [5.74, 6) is -2.65. The molecule has 0 aliphatic heterocycles. The van der Waals surface area contributed by atoms with E-state index in [4.69, 9.17) is 32.5 Å². The van der Waals surface area contributed by atoms with E-state index in [1.54, 1.807) is 73.2 Å². The molecule has 3 unspecified atom stereocenters. The number of rotatable bonds is 9. The number of aliphatic carboxylic acids is 3. The first-order valence-corrected chi connectivity index (χ1v) is 14.6. The van der Waals surface area contributed by atoms with Crippen LogP contribution in [0.25, 0.3) is 32.7 Å². The number of phenolic OH excluding ortho intramolecular Hbond substituents is 3. The molecule has 15 N–H and O–H groups in total. The fourth-order valence-corrected chi connectivity index (χ4v) is 4.98. The third-order valence-corrected chi connectivity index (χ3v) is 7.52. The van der Waals surface area contributed by atoms with Crippen LogP contribution in [-0.4, -0.2) is 81.6 Å². The summed E-state index contributed by atoms with van der Waals surface area (Å²) >= 11 is 0. The van der Waals surface area contributed by atoms with Gasteiger partial charge in [0.05, 0.1) is 0 Å². The SMILES string of the molecule is NC(Cc1c[nH]c2ccc(O)cc12)C(=O)O.NC(Cc1c[nH]c2ccc(O)cc12)C(=O)O.NC(Cc1c[nH]c2ccc(O)cc12)C(=O)O.[Cr]. The number of benzene rings is 3. The van der Waals surface area contributed by atoms with Gasteiger partial charge in [-0.15, -0.1) is 0 Å². The monoisotopic (exact) mass is 712 g/mol. The fraction of sp³-hybridized carbons (Fsp3) is 0.182. The summed E-state index contributed by atoms with van der Waals surface area (Å²) in [4.78, 5) is 40.9. The summed E-state index contributed by atoms with van der Waals surface area (Å²) in [7, 11) is 0. The Morgan fingerprint density at radius 2 is 0.755 bits per heavy atom. The van der Waals surface area contributed by atoms with Crippen molar-refractivity contribution >= 4 is 50.6 Å². The van der Waals surface area contributed by atoms with Gasteiger partial charge in [-0.3, -0.25) is 14.4 Å². The molecule has 0 bridgehead atoms. The zero-order chi connectivity index (χ0) is 35.1. The van der Waals surface area contributed by atoms with Crippen molar-refractivity contribution in [3.05, 3.63) is 89.9 Å². The zero-order valence-corrected chi connectivity index (χ0v) is 27.1. The number of aromatic hydroxyl groups is 3. The number of nitrogens with one attached hydrogen (secondary N) is 3. The molecule has 258 valence electrons. The predicted octanol–water partition coefficient (Wildman–Crippen LogP) is 2.48. The Bertz CT molecular complexity index is 1840. The molecule has 6 rings (SSSR count). The first-order valence-electron chi connectivity index (χ1n) is 14.6. The van der Waals surface area contributed by atoms with E-state index in [0.29, 0.717) is 0 Å². The maximum absolute atomic E-state index is 10.6. The van der Waals surface area contributed by atoms with Gasteiger partial charge in [0, 0.05) is 87.9 Å². The second kappa shape index (κ2) is 16.6. The van der Waals surface area contributed by atoms with E-state index in [-0.39, 0.29) is 53.9 Å². The van der Waals surface area contributed by atoms with Crippen molar-refractivity contribution in [3.8, 4) is 17.2 Å². The van der Waals surface area contributed by atoms with Crippen LogP contribution in [0.2, 0.25) is 0 Å². The molecule has 0 spiro atoms. The molecule has 3 aromatic carbocycles.